The number of carbonyl (C=O) groups is 1. The van der Waals surface area contributed by atoms with E-state index < -0.39 is 0 Å². The van der Waals surface area contributed by atoms with Crippen LogP contribution in [0.4, 0.5) is 10.5 Å². The summed E-state index contributed by atoms with van der Waals surface area (Å²) >= 11 is 1.64. The van der Waals surface area contributed by atoms with Gasteiger partial charge in [-0.05, 0) is 56.4 Å². The fourth-order valence-electron chi connectivity index (χ4n) is 3.19. The van der Waals surface area contributed by atoms with Crippen molar-refractivity contribution < 1.29 is 9.53 Å². The lowest BCUT2D eigenvalue weighted by molar-refractivity contribution is 0.164. The lowest BCUT2D eigenvalue weighted by atomic mass is 10.2. The summed E-state index contributed by atoms with van der Waals surface area (Å²) in [5.74, 6) is 0.868. The van der Waals surface area contributed by atoms with Crippen molar-refractivity contribution >= 4 is 33.3 Å². The van der Waals surface area contributed by atoms with E-state index in [4.69, 9.17) is 9.72 Å². The Labute approximate surface area is 168 Å². The molecule has 6 nitrogen and oxygen atoms in total. The van der Waals surface area contributed by atoms with Crippen LogP contribution < -0.4 is 10.1 Å². The molecule has 2 aromatic carbocycles. The molecule has 0 bridgehead atoms. The first kappa shape index (κ1) is 18.7. The van der Waals surface area contributed by atoms with E-state index in [0.29, 0.717) is 6.61 Å². The zero-order chi connectivity index (χ0) is 19.5. The molecule has 0 aliphatic carbocycles. The number of fused-ring (bicyclic) bond motifs is 1. The fraction of sp³-hybridized carbons (Fsp3) is 0.333. The maximum Gasteiger partial charge on any atom is 0.321 e. The van der Waals surface area contributed by atoms with Crippen molar-refractivity contribution in [1.29, 1.82) is 0 Å². The minimum Gasteiger partial charge on any atom is -0.494 e. The van der Waals surface area contributed by atoms with Crippen molar-refractivity contribution in [2.24, 2.45) is 0 Å². The monoisotopic (exact) mass is 396 g/mol. The number of amides is 2. The van der Waals surface area contributed by atoms with Crippen molar-refractivity contribution in [2.75, 3.05) is 45.2 Å². The van der Waals surface area contributed by atoms with Gasteiger partial charge in [0.1, 0.15) is 10.8 Å². The van der Waals surface area contributed by atoms with Gasteiger partial charge >= 0.3 is 6.03 Å². The Balaban J connectivity index is 1.45. The Morgan fingerprint density at radius 1 is 1.14 bits per heavy atom. The number of likely N-dealkylation sites (N-methyl/N-ethyl adjacent to an activating group) is 1. The first-order valence-electron chi connectivity index (χ1n) is 9.50. The molecule has 0 spiro atoms. The molecule has 1 N–H and O–H groups in total. The van der Waals surface area contributed by atoms with Crippen LogP contribution in [0, 0.1) is 0 Å². The third-order valence-corrected chi connectivity index (χ3v) is 5.91. The minimum atomic E-state index is -0.0377. The Morgan fingerprint density at radius 3 is 2.61 bits per heavy atom. The zero-order valence-electron chi connectivity index (χ0n) is 16.1. The molecule has 0 atom stereocenters. The summed E-state index contributed by atoms with van der Waals surface area (Å²) < 4.78 is 6.67. The molecule has 0 radical (unpaired) electrons. The Hall–Kier alpha value is -2.64. The van der Waals surface area contributed by atoms with Gasteiger partial charge in [0.15, 0.2) is 0 Å². The Morgan fingerprint density at radius 2 is 1.89 bits per heavy atom. The SMILES string of the molecule is CCOc1ccc2nc(-c3ccc(NC(=O)N4CCN(C)CC4)cc3)sc2c1. The third kappa shape index (κ3) is 4.10. The van der Waals surface area contributed by atoms with E-state index in [-0.39, 0.29) is 6.03 Å². The molecule has 1 fully saturated rings. The molecule has 0 saturated carbocycles. The lowest BCUT2D eigenvalue weighted by Gasteiger charge is -2.32. The summed E-state index contributed by atoms with van der Waals surface area (Å²) in [6.07, 6.45) is 0. The molecule has 1 aliphatic rings. The van der Waals surface area contributed by atoms with Gasteiger partial charge in [0, 0.05) is 37.4 Å². The summed E-state index contributed by atoms with van der Waals surface area (Å²) in [5.41, 5.74) is 2.81. The number of nitrogens with one attached hydrogen (secondary N) is 1. The summed E-state index contributed by atoms with van der Waals surface area (Å²) in [5, 5.41) is 3.95. The molecule has 4 rings (SSSR count). The number of thiazole rings is 1. The first-order chi connectivity index (χ1) is 13.6. The molecule has 0 unspecified atom stereocenters. The van der Waals surface area contributed by atoms with Crippen LogP contribution in [0.1, 0.15) is 6.92 Å². The van der Waals surface area contributed by atoms with Crippen LogP contribution in [0.5, 0.6) is 5.75 Å². The van der Waals surface area contributed by atoms with Gasteiger partial charge in [0.2, 0.25) is 0 Å². The van der Waals surface area contributed by atoms with Gasteiger partial charge in [-0.15, -0.1) is 11.3 Å². The van der Waals surface area contributed by atoms with Gasteiger partial charge in [0.25, 0.3) is 0 Å². The number of nitrogens with zero attached hydrogens (tertiary/aromatic N) is 3. The highest BCUT2D eigenvalue weighted by Gasteiger charge is 2.19. The fourth-order valence-corrected chi connectivity index (χ4v) is 4.19. The highest BCUT2D eigenvalue weighted by molar-refractivity contribution is 7.21. The van der Waals surface area contributed by atoms with Crippen molar-refractivity contribution in [3.63, 3.8) is 0 Å². The molecule has 1 aliphatic heterocycles. The second-order valence-corrected chi connectivity index (χ2v) is 7.91. The number of carbonyl (C=O) groups excluding carboxylic acids is 1. The maximum atomic E-state index is 12.4. The van der Waals surface area contributed by atoms with Crippen LogP contribution in [-0.2, 0) is 0 Å². The number of piperazine rings is 1. The summed E-state index contributed by atoms with van der Waals surface area (Å²) in [6, 6.07) is 13.8. The van der Waals surface area contributed by atoms with Gasteiger partial charge < -0.3 is 19.9 Å². The zero-order valence-corrected chi connectivity index (χ0v) is 17.0. The average molecular weight is 397 g/mol. The first-order valence-corrected chi connectivity index (χ1v) is 10.3. The topological polar surface area (TPSA) is 57.7 Å². The van der Waals surface area contributed by atoms with E-state index in [1.54, 1.807) is 11.3 Å². The number of aromatic nitrogens is 1. The van der Waals surface area contributed by atoms with Gasteiger partial charge in [-0.1, -0.05) is 0 Å². The van der Waals surface area contributed by atoms with Crippen molar-refractivity contribution in [2.45, 2.75) is 6.92 Å². The second-order valence-electron chi connectivity index (χ2n) is 6.88. The number of hydrogen-bond acceptors (Lipinski definition) is 5. The largest absolute Gasteiger partial charge is 0.494 e. The lowest BCUT2D eigenvalue weighted by Crippen LogP contribution is -2.48. The molecule has 1 saturated heterocycles. The second kappa shape index (κ2) is 8.16. The van der Waals surface area contributed by atoms with Gasteiger partial charge in [0.05, 0.1) is 16.8 Å². The normalized spacial score (nSPS) is 15.0. The van der Waals surface area contributed by atoms with Crippen molar-refractivity contribution in [3.05, 3.63) is 42.5 Å². The predicted molar refractivity (Wildman–Crippen MR) is 114 cm³/mol. The molecule has 7 heteroatoms. The maximum absolute atomic E-state index is 12.4. The molecule has 2 amide bonds. The Kier molecular flexibility index (Phi) is 5.45. The standard InChI is InChI=1S/C21H24N4O2S/c1-3-27-17-8-9-18-19(14-17)28-20(23-18)15-4-6-16(7-5-15)22-21(26)25-12-10-24(2)11-13-25/h4-9,14H,3,10-13H2,1-2H3,(H,22,26). The molecule has 1 aromatic heterocycles. The number of rotatable bonds is 4. The number of ether oxygens (including phenoxy) is 1. The average Bonchev–Trinajstić information content (AvgIpc) is 3.13. The minimum absolute atomic E-state index is 0.0377. The van der Waals surface area contributed by atoms with Crippen molar-refractivity contribution in [3.8, 4) is 16.3 Å². The number of benzene rings is 2. The molecule has 28 heavy (non-hydrogen) atoms. The quantitative estimate of drug-likeness (QED) is 0.720. The highest BCUT2D eigenvalue weighted by Crippen LogP contribution is 2.32. The molecular formula is C21H24N4O2S. The number of anilines is 1. The van der Waals surface area contributed by atoms with Crippen LogP contribution in [0.2, 0.25) is 0 Å². The molecule has 3 aromatic rings. The number of hydrogen-bond donors (Lipinski definition) is 1. The smallest absolute Gasteiger partial charge is 0.321 e. The molecule has 146 valence electrons. The van der Waals surface area contributed by atoms with Crippen LogP contribution in [0.15, 0.2) is 42.5 Å². The molecule has 2 heterocycles. The van der Waals surface area contributed by atoms with E-state index >= 15 is 0 Å². The van der Waals surface area contributed by atoms with Gasteiger partial charge in [-0.2, -0.15) is 0 Å². The van der Waals surface area contributed by atoms with Crippen LogP contribution in [-0.4, -0.2) is 60.6 Å². The molecular weight excluding hydrogens is 372 g/mol. The van der Waals surface area contributed by atoms with E-state index in [2.05, 4.69) is 17.3 Å². The van der Waals surface area contributed by atoms with E-state index in [1.165, 1.54) is 0 Å². The Bertz CT molecular complexity index is 962. The third-order valence-electron chi connectivity index (χ3n) is 4.84. The van der Waals surface area contributed by atoms with Crippen LogP contribution >= 0.6 is 11.3 Å². The van der Waals surface area contributed by atoms with E-state index in [9.17, 15) is 4.79 Å². The van der Waals surface area contributed by atoms with Crippen LogP contribution in [0.3, 0.4) is 0 Å². The van der Waals surface area contributed by atoms with Gasteiger partial charge in [-0.3, -0.25) is 0 Å². The van der Waals surface area contributed by atoms with E-state index in [1.807, 2.05) is 54.3 Å². The van der Waals surface area contributed by atoms with Crippen LogP contribution in [0.25, 0.3) is 20.8 Å². The highest BCUT2D eigenvalue weighted by atomic mass is 32.1. The van der Waals surface area contributed by atoms with Crippen molar-refractivity contribution in [1.82, 2.24) is 14.8 Å². The van der Waals surface area contributed by atoms with E-state index in [0.717, 1.165) is 58.4 Å². The summed E-state index contributed by atoms with van der Waals surface area (Å²) in [6.45, 7) is 5.97. The summed E-state index contributed by atoms with van der Waals surface area (Å²) in [7, 11) is 2.08. The van der Waals surface area contributed by atoms with Gasteiger partial charge in [-0.25, -0.2) is 9.78 Å². The predicted octanol–water partition coefficient (Wildman–Crippen LogP) is 4.14. The summed E-state index contributed by atoms with van der Waals surface area (Å²) in [4.78, 5) is 21.2. The number of urea groups is 1.